The lowest BCUT2D eigenvalue weighted by Gasteiger charge is -2.31. The van der Waals surface area contributed by atoms with Crippen molar-refractivity contribution >= 4 is 27.8 Å². The fourth-order valence-corrected chi connectivity index (χ4v) is 2.59. The first-order valence-corrected chi connectivity index (χ1v) is 7.58. The topological polar surface area (TPSA) is 66.4 Å². The van der Waals surface area contributed by atoms with Gasteiger partial charge in [-0.3, -0.25) is 9.59 Å². The predicted molar refractivity (Wildman–Crippen MR) is 81.5 cm³/mol. The van der Waals surface area contributed by atoms with Gasteiger partial charge in [-0.05, 0) is 36.6 Å². The Morgan fingerprint density at radius 2 is 1.95 bits per heavy atom. The zero-order valence-electron chi connectivity index (χ0n) is 12.1. The van der Waals surface area contributed by atoms with E-state index in [0.29, 0.717) is 22.9 Å². The van der Waals surface area contributed by atoms with Crippen molar-refractivity contribution in [3.63, 3.8) is 0 Å². The van der Waals surface area contributed by atoms with Crippen molar-refractivity contribution in [2.75, 3.05) is 0 Å². The number of amides is 1. The van der Waals surface area contributed by atoms with Gasteiger partial charge in [-0.15, -0.1) is 0 Å². The summed E-state index contributed by atoms with van der Waals surface area (Å²) in [7, 11) is 0. The third-order valence-electron chi connectivity index (χ3n) is 3.61. The fourth-order valence-electron chi connectivity index (χ4n) is 2.20. The molecule has 116 valence electrons. The number of aliphatic carboxylic acids is 1. The first kappa shape index (κ1) is 17.6. The van der Waals surface area contributed by atoms with E-state index in [4.69, 9.17) is 5.11 Å². The van der Waals surface area contributed by atoms with E-state index < -0.39 is 17.3 Å². The summed E-state index contributed by atoms with van der Waals surface area (Å²) < 4.78 is 13.9. The predicted octanol–water partition coefficient (Wildman–Crippen LogP) is 3.28. The van der Waals surface area contributed by atoms with Gasteiger partial charge in [0.1, 0.15) is 5.82 Å². The fraction of sp³-hybridized carbons (Fsp3) is 0.467. The summed E-state index contributed by atoms with van der Waals surface area (Å²) in [4.78, 5) is 23.1. The van der Waals surface area contributed by atoms with Gasteiger partial charge in [0, 0.05) is 10.0 Å². The van der Waals surface area contributed by atoms with Crippen LogP contribution in [0.4, 0.5) is 4.39 Å². The number of benzene rings is 1. The Bertz CT molecular complexity index is 530. The average Bonchev–Trinajstić information content (AvgIpc) is 2.41. The second-order valence-corrected chi connectivity index (χ2v) is 5.87. The molecule has 4 nitrogen and oxygen atoms in total. The van der Waals surface area contributed by atoms with E-state index in [9.17, 15) is 14.0 Å². The van der Waals surface area contributed by atoms with E-state index in [-0.39, 0.29) is 18.7 Å². The molecule has 1 aromatic rings. The Labute approximate surface area is 131 Å². The monoisotopic (exact) mass is 359 g/mol. The maximum Gasteiger partial charge on any atom is 0.305 e. The SMILES string of the molecule is CCC(CC)(CC(=O)O)NC(=O)Cc1cc(F)ccc1Br. The molecule has 0 spiro atoms. The molecule has 21 heavy (non-hydrogen) atoms. The Kier molecular flexibility index (Phi) is 6.33. The van der Waals surface area contributed by atoms with Crippen LogP contribution >= 0.6 is 15.9 Å². The van der Waals surface area contributed by atoms with Crippen LogP contribution in [0, 0.1) is 5.82 Å². The standard InChI is InChI=1S/C15H19BrFNO3/c1-3-15(4-2,9-14(20)21)18-13(19)8-10-7-11(17)5-6-12(10)16/h5-7H,3-4,8-9H2,1-2H3,(H,18,19)(H,20,21). The van der Waals surface area contributed by atoms with Gasteiger partial charge in [0.15, 0.2) is 0 Å². The van der Waals surface area contributed by atoms with Crippen molar-refractivity contribution in [1.82, 2.24) is 5.32 Å². The number of carboxylic acid groups (broad SMARTS) is 1. The van der Waals surface area contributed by atoms with Gasteiger partial charge in [-0.2, -0.15) is 0 Å². The molecule has 0 heterocycles. The molecule has 6 heteroatoms. The Morgan fingerprint density at radius 3 is 2.48 bits per heavy atom. The smallest absolute Gasteiger partial charge is 0.305 e. The van der Waals surface area contributed by atoms with Crippen molar-refractivity contribution in [2.24, 2.45) is 0 Å². The first-order chi connectivity index (χ1) is 9.81. The zero-order chi connectivity index (χ0) is 16.0. The van der Waals surface area contributed by atoms with E-state index in [1.807, 2.05) is 13.8 Å². The van der Waals surface area contributed by atoms with Crippen molar-refractivity contribution in [1.29, 1.82) is 0 Å². The molecule has 0 aliphatic rings. The Hall–Kier alpha value is -1.43. The van der Waals surface area contributed by atoms with Crippen LogP contribution in [0.5, 0.6) is 0 Å². The van der Waals surface area contributed by atoms with Crippen LogP contribution in [0.25, 0.3) is 0 Å². The van der Waals surface area contributed by atoms with Gasteiger partial charge in [0.05, 0.1) is 12.8 Å². The average molecular weight is 360 g/mol. The number of hydrogen-bond donors (Lipinski definition) is 2. The number of rotatable bonds is 7. The minimum Gasteiger partial charge on any atom is -0.481 e. The highest BCUT2D eigenvalue weighted by atomic mass is 79.9. The largest absolute Gasteiger partial charge is 0.481 e. The number of carboxylic acids is 1. The lowest BCUT2D eigenvalue weighted by molar-refractivity contribution is -0.139. The minimum atomic E-state index is -0.953. The van der Waals surface area contributed by atoms with Crippen LogP contribution in [0.1, 0.15) is 38.7 Å². The molecule has 0 fully saturated rings. The zero-order valence-corrected chi connectivity index (χ0v) is 13.7. The third-order valence-corrected chi connectivity index (χ3v) is 4.38. The lowest BCUT2D eigenvalue weighted by atomic mass is 9.88. The summed E-state index contributed by atoms with van der Waals surface area (Å²) in [5, 5.41) is 11.8. The molecule has 0 saturated carbocycles. The van der Waals surface area contributed by atoms with Gasteiger partial charge in [-0.1, -0.05) is 29.8 Å². The third kappa shape index (κ3) is 5.12. The Balaban J connectivity index is 2.83. The maximum atomic E-state index is 13.2. The van der Waals surface area contributed by atoms with Gasteiger partial charge < -0.3 is 10.4 Å². The maximum absolute atomic E-state index is 13.2. The number of nitrogens with one attached hydrogen (secondary N) is 1. The molecule has 0 aliphatic carbocycles. The van der Waals surface area contributed by atoms with Crippen molar-refractivity contribution in [2.45, 2.75) is 45.1 Å². The summed E-state index contributed by atoms with van der Waals surface area (Å²) in [6, 6.07) is 4.14. The number of carbonyl (C=O) groups excluding carboxylic acids is 1. The highest BCUT2D eigenvalue weighted by Gasteiger charge is 2.30. The van der Waals surface area contributed by atoms with Crippen molar-refractivity contribution in [3.8, 4) is 0 Å². The quantitative estimate of drug-likeness (QED) is 0.784. The van der Waals surface area contributed by atoms with Gasteiger partial charge in [-0.25, -0.2) is 4.39 Å². The first-order valence-electron chi connectivity index (χ1n) is 6.78. The normalized spacial score (nSPS) is 11.2. The molecule has 1 amide bonds. The van der Waals surface area contributed by atoms with Crippen LogP contribution in [0.3, 0.4) is 0 Å². The molecule has 1 aromatic carbocycles. The van der Waals surface area contributed by atoms with E-state index in [2.05, 4.69) is 21.2 Å². The number of carbonyl (C=O) groups is 2. The molecule has 0 unspecified atom stereocenters. The molecule has 0 saturated heterocycles. The van der Waals surface area contributed by atoms with Gasteiger partial charge >= 0.3 is 5.97 Å². The molecular weight excluding hydrogens is 341 g/mol. The van der Waals surface area contributed by atoms with Crippen LogP contribution in [0.15, 0.2) is 22.7 Å². The second-order valence-electron chi connectivity index (χ2n) is 5.02. The van der Waals surface area contributed by atoms with E-state index >= 15 is 0 Å². The lowest BCUT2D eigenvalue weighted by Crippen LogP contribution is -2.49. The molecule has 0 radical (unpaired) electrons. The summed E-state index contributed by atoms with van der Waals surface area (Å²) in [6.07, 6.45) is 0.910. The molecule has 0 atom stereocenters. The van der Waals surface area contributed by atoms with Gasteiger partial charge in [0.25, 0.3) is 0 Å². The molecule has 0 aromatic heterocycles. The molecule has 1 rings (SSSR count). The summed E-state index contributed by atoms with van der Waals surface area (Å²) >= 11 is 3.27. The molecular formula is C15H19BrFNO3. The molecule has 0 bridgehead atoms. The van der Waals surface area contributed by atoms with E-state index in [1.54, 1.807) is 6.07 Å². The minimum absolute atomic E-state index is 0.000285. The number of halogens is 2. The summed E-state index contributed by atoms with van der Waals surface area (Å²) in [5.74, 6) is -1.68. The van der Waals surface area contributed by atoms with Crippen LogP contribution in [-0.2, 0) is 16.0 Å². The molecule has 0 aliphatic heterocycles. The van der Waals surface area contributed by atoms with Crippen molar-refractivity contribution in [3.05, 3.63) is 34.1 Å². The second kappa shape index (κ2) is 7.54. The van der Waals surface area contributed by atoms with E-state index in [1.165, 1.54) is 12.1 Å². The summed E-state index contributed by atoms with van der Waals surface area (Å²) in [5.41, 5.74) is -0.230. The highest BCUT2D eigenvalue weighted by molar-refractivity contribution is 9.10. The van der Waals surface area contributed by atoms with Crippen LogP contribution in [0.2, 0.25) is 0 Å². The molecule has 2 N–H and O–H groups in total. The number of hydrogen-bond acceptors (Lipinski definition) is 2. The van der Waals surface area contributed by atoms with Gasteiger partial charge in [0.2, 0.25) is 5.91 Å². The highest BCUT2D eigenvalue weighted by Crippen LogP contribution is 2.22. The van der Waals surface area contributed by atoms with Crippen LogP contribution < -0.4 is 5.32 Å². The van der Waals surface area contributed by atoms with Crippen LogP contribution in [-0.4, -0.2) is 22.5 Å². The summed E-state index contributed by atoms with van der Waals surface area (Å²) in [6.45, 7) is 3.68. The van der Waals surface area contributed by atoms with Crippen molar-refractivity contribution < 1.29 is 19.1 Å². The van der Waals surface area contributed by atoms with E-state index in [0.717, 1.165) is 0 Å². The Morgan fingerprint density at radius 1 is 1.33 bits per heavy atom.